The zero-order valence-electron chi connectivity index (χ0n) is 14.0. The quantitative estimate of drug-likeness (QED) is 0.742. The van der Waals surface area contributed by atoms with E-state index in [9.17, 15) is 0 Å². The normalized spacial score (nSPS) is 32.7. The van der Waals surface area contributed by atoms with Crippen molar-refractivity contribution in [3.8, 4) is 0 Å². The molecule has 20 heavy (non-hydrogen) atoms. The van der Waals surface area contributed by atoms with Gasteiger partial charge in [-0.1, -0.05) is 33.6 Å². The first-order valence-corrected chi connectivity index (χ1v) is 9.12. The third kappa shape index (κ3) is 5.04. The van der Waals surface area contributed by atoms with Gasteiger partial charge in [0.15, 0.2) is 0 Å². The van der Waals surface area contributed by atoms with E-state index in [0.717, 1.165) is 23.8 Å². The Morgan fingerprint density at radius 2 is 1.85 bits per heavy atom. The molecule has 0 aromatic rings. The van der Waals surface area contributed by atoms with Crippen LogP contribution >= 0.6 is 0 Å². The molecule has 1 aliphatic heterocycles. The highest BCUT2D eigenvalue weighted by molar-refractivity contribution is 4.85. The highest BCUT2D eigenvalue weighted by Crippen LogP contribution is 2.33. The molecule has 3 atom stereocenters. The molecule has 2 rings (SSSR count). The van der Waals surface area contributed by atoms with Gasteiger partial charge in [-0.05, 0) is 76.0 Å². The molecule has 2 fully saturated rings. The Morgan fingerprint density at radius 1 is 1.10 bits per heavy atom. The van der Waals surface area contributed by atoms with Gasteiger partial charge in [0.1, 0.15) is 0 Å². The summed E-state index contributed by atoms with van der Waals surface area (Å²) >= 11 is 0. The van der Waals surface area contributed by atoms with Crippen LogP contribution in [0.25, 0.3) is 0 Å². The smallest absolute Gasteiger partial charge is 0.0100 e. The lowest BCUT2D eigenvalue weighted by Crippen LogP contribution is -2.43. The molecule has 0 bridgehead atoms. The Kier molecular flexibility index (Phi) is 6.83. The van der Waals surface area contributed by atoms with Crippen LogP contribution in [0, 0.1) is 17.8 Å². The molecule has 0 spiro atoms. The predicted molar refractivity (Wildman–Crippen MR) is 88.0 cm³/mol. The first-order chi connectivity index (χ1) is 9.66. The van der Waals surface area contributed by atoms with E-state index in [0.29, 0.717) is 0 Å². The van der Waals surface area contributed by atoms with Crippen LogP contribution in [0.5, 0.6) is 0 Å². The maximum absolute atomic E-state index is 3.90. The van der Waals surface area contributed by atoms with Gasteiger partial charge in [0.05, 0.1) is 0 Å². The van der Waals surface area contributed by atoms with Gasteiger partial charge in [-0.15, -0.1) is 0 Å². The number of hydrogen-bond donors (Lipinski definition) is 1. The van der Waals surface area contributed by atoms with Gasteiger partial charge >= 0.3 is 0 Å². The van der Waals surface area contributed by atoms with E-state index < -0.39 is 0 Å². The van der Waals surface area contributed by atoms with Gasteiger partial charge in [-0.3, -0.25) is 0 Å². The van der Waals surface area contributed by atoms with Gasteiger partial charge in [-0.25, -0.2) is 0 Å². The first-order valence-electron chi connectivity index (χ1n) is 9.12. The van der Waals surface area contributed by atoms with E-state index in [1.165, 1.54) is 71.1 Å². The minimum atomic E-state index is 0.778. The summed E-state index contributed by atoms with van der Waals surface area (Å²) in [6.45, 7) is 12.5. The van der Waals surface area contributed by atoms with Gasteiger partial charge < -0.3 is 10.2 Å². The van der Waals surface area contributed by atoms with E-state index in [1.54, 1.807) is 0 Å². The minimum absolute atomic E-state index is 0.778. The highest BCUT2D eigenvalue weighted by atomic mass is 15.1. The van der Waals surface area contributed by atoms with Crippen LogP contribution in [0.3, 0.4) is 0 Å². The third-order valence-electron chi connectivity index (χ3n) is 5.53. The third-order valence-corrected chi connectivity index (χ3v) is 5.53. The summed E-state index contributed by atoms with van der Waals surface area (Å²) in [5.74, 6) is 2.66. The number of likely N-dealkylation sites (tertiary alicyclic amines) is 1. The van der Waals surface area contributed by atoms with Gasteiger partial charge in [0.25, 0.3) is 0 Å². The molecule has 0 amide bonds. The molecule has 1 N–H and O–H groups in total. The number of rotatable bonds is 6. The standard InChI is InChI=1S/C18H36N2/c1-15(2)17-9-8-16(3)14-18(17)19-10-7-13-20-11-5-4-6-12-20/h15-19H,4-14H2,1-3H3. The largest absolute Gasteiger partial charge is 0.314 e. The fraction of sp³-hybridized carbons (Fsp3) is 1.00. The van der Waals surface area contributed by atoms with Gasteiger partial charge in [0, 0.05) is 6.04 Å². The second-order valence-electron chi connectivity index (χ2n) is 7.64. The molecular formula is C18H36N2. The Balaban J connectivity index is 1.65. The van der Waals surface area contributed by atoms with Crippen molar-refractivity contribution < 1.29 is 0 Å². The lowest BCUT2D eigenvalue weighted by molar-refractivity contribution is 0.166. The van der Waals surface area contributed by atoms with Crippen LogP contribution in [0.15, 0.2) is 0 Å². The number of piperidine rings is 1. The first kappa shape index (κ1) is 16.3. The fourth-order valence-corrected chi connectivity index (χ4v) is 4.21. The molecule has 0 radical (unpaired) electrons. The molecule has 1 aliphatic carbocycles. The molecule has 2 heteroatoms. The van der Waals surface area contributed by atoms with Crippen molar-refractivity contribution in [2.24, 2.45) is 17.8 Å². The Hall–Kier alpha value is -0.0800. The van der Waals surface area contributed by atoms with Gasteiger partial charge in [0.2, 0.25) is 0 Å². The summed E-state index contributed by atoms with van der Waals surface area (Å²) in [6, 6.07) is 0.778. The number of hydrogen-bond acceptors (Lipinski definition) is 2. The van der Waals surface area contributed by atoms with Crippen LogP contribution in [-0.2, 0) is 0 Å². The monoisotopic (exact) mass is 280 g/mol. The van der Waals surface area contributed by atoms with Crippen molar-refractivity contribution in [2.75, 3.05) is 26.2 Å². The van der Waals surface area contributed by atoms with Crippen LogP contribution in [0.4, 0.5) is 0 Å². The summed E-state index contributed by atoms with van der Waals surface area (Å²) in [7, 11) is 0. The summed E-state index contributed by atoms with van der Waals surface area (Å²) in [4.78, 5) is 2.66. The molecule has 2 aliphatic rings. The Bertz CT molecular complexity index is 258. The summed E-state index contributed by atoms with van der Waals surface area (Å²) in [5.41, 5.74) is 0. The van der Waals surface area contributed by atoms with E-state index >= 15 is 0 Å². The maximum atomic E-state index is 3.90. The second kappa shape index (κ2) is 8.38. The van der Waals surface area contributed by atoms with Crippen molar-refractivity contribution in [2.45, 2.75) is 71.8 Å². The van der Waals surface area contributed by atoms with Crippen molar-refractivity contribution in [1.82, 2.24) is 10.2 Å². The molecule has 1 saturated carbocycles. The molecule has 0 aromatic carbocycles. The second-order valence-corrected chi connectivity index (χ2v) is 7.64. The van der Waals surface area contributed by atoms with E-state index in [2.05, 4.69) is 31.0 Å². The van der Waals surface area contributed by atoms with Crippen LogP contribution in [0.2, 0.25) is 0 Å². The molecule has 118 valence electrons. The lowest BCUT2D eigenvalue weighted by atomic mass is 9.74. The minimum Gasteiger partial charge on any atom is -0.314 e. The number of nitrogens with zero attached hydrogens (tertiary/aromatic N) is 1. The fourth-order valence-electron chi connectivity index (χ4n) is 4.21. The molecule has 1 saturated heterocycles. The molecule has 2 nitrogen and oxygen atoms in total. The van der Waals surface area contributed by atoms with Crippen LogP contribution < -0.4 is 5.32 Å². The van der Waals surface area contributed by atoms with Gasteiger partial charge in [-0.2, -0.15) is 0 Å². The molecule has 3 unspecified atom stereocenters. The van der Waals surface area contributed by atoms with E-state index in [4.69, 9.17) is 0 Å². The Morgan fingerprint density at radius 3 is 2.55 bits per heavy atom. The Labute approximate surface area is 126 Å². The van der Waals surface area contributed by atoms with Crippen molar-refractivity contribution in [3.05, 3.63) is 0 Å². The van der Waals surface area contributed by atoms with E-state index in [-0.39, 0.29) is 0 Å². The average molecular weight is 280 g/mol. The van der Waals surface area contributed by atoms with Crippen LogP contribution in [0.1, 0.15) is 65.7 Å². The molecular weight excluding hydrogens is 244 g/mol. The summed E-state index contributed by atoms with van der Waals surface area (Å²) in [6.07, 6.45) is 9.89. The van der Waals surface area contributed by atoms with E-state index in [1.807, 2.05) is 0 Å². The van der Waals surface area contributed by atoms with Crippen molar-refractivity contribution in [1.29, 1.82) is 0 Å². The predicted octanol–water partition coefficient (Wildman–Crippen LogP) is 3.91. The number of nitrogens with one attached hydrogen (secondary N) is 1. The molecule has 1 heterocycles. The zero-order valence-corrected chi connectivity index (χ0v) is 14.0. The summed E-state index contributed by atoms with van der Waals surface area (Å²) < 4.78 is 0. The topological polar surface area (TPSA) is 15.3 Å². The maximum Gasteiger partial charge on any atom is 0.0100 e. The lowest BCUT2D eigenvalue weighted by Gasteiger charge is -2.38. The van der Waals surface area contributed by atoms with Crippen LogP contribution in [-0.4, -0.2) is 37.1 Å². The van der Waals surface area contributed by atoms with Crippen molar-refractivity contribution >= 4 is 0 Å². The average Bonchev–Trinajstić information content (AvgIpc) is 2.44. The van der Waals surface area contributed by atoms with Crippen molar-refractivity contribution in [3.63, 3.8) is 0 Å². The highest BCUT2D eigenvalue weighted by Gasteiger charge is 2.29. The summed E-state index contributed by atoms with van der Waals surface area (Å²) in [5, 5.41) is 3.90. The molecule has 0 aromatic heterocycles. The SMILES string of the molecule is CC1CCC(C(C)C)C(NCCCN2CCCCC2)C1. The zero-order chi connectivity index (χ0) is 14.4.